The van der Waals surface area contributed by atoms with Gasteiger partial charge in [0.1, 0.15) is 0 Å². The molecule has 1 aromatic carbocycles. The van der Waals surface area contributed by atoms with Gasteiger partial charge in [0.25, 0.3) is 0 Å². The number of terminal acetylenes is 1. The predicted octanol–water partition coefficient (Wildman–Crippen LogP) is 1.32. The van der Waals surface area contributed by atoms with Gasteiger partial charge >= 0.3 is 104 Å². The van der Waals surface area contributed by atoms with Gasteiger partial charge in [-0.1, -0.05) is 0 Å². The number of rotatable bonds is 3. The van der Waals surface area contributed by atoms with Crippen molar-refractivity contribution in [3.05, 3.63) is 18.2 Å². The van der Waals surface area contributed by atoms with E-state index in [-0.39, 0.29) is 26.9 Å². The average Bonchev–Trinajstić information content (AvgIpc) is 2.78. The zero-order valence-corrected chi connectivity index (χ0v) is 10.6. The van der Waals surface area contributed by atoms with E-state index in [0.717, 1.165) is 11.4 Å². The van der Waals surface area contributed by atoms with Crippen molar-refractivity contribution in [2.24, 2.45) is 13.7 Å². The van der Waals surface area contributed by atoms with E-state index in [1.807, 2.05) is 12.1 Å². The standard InChI is InChI=1S/C11H10N4OSe/c1-2-4-7(12)11(16)13-8-5-3-6-9-10(8)15-17-14-9/h1,3,5-7H,4,12H2,(H,13,16). The topological polar surface area (TPSA) is 79.8 Å². The van der Waals surface area contributed by atoms with E-state index in [2.05, 4.69) is 19.2 Å². The Balaban J connectivity index is 2.16. The van der Waals surface area contributed by atoms with Crippen molar-refractivity contribution in [3.63, 3.8) is 0 Å². The average molecular weight is 293 g/mol. The van der Waals surface area contributed by atoms with Crippen LogP contribution in [0, 0.1) is 12.3 Å². The third kappa shape index (κ3) is 2.53. The monoisotopic (exact) mass is 294 g/mol. The van der Waals surface area contributed by atoms with E-state index in [0.29, 0.717) is 5.69 Å². The molecule has 0 spiro atoms. The molecule has 1 aliphatic rings. The number of nitrogens with two attached hydrogens (primary N) is 1. The number of amides is 1. The minimum atomic E-state index is -0.695. The van der Waals surface area contributed by atoms with Crippen LogP contribution in [0.5, 0.6) is 0 Å². The number of benzene rings is 1. The Bertz CT molecular complexity index is 569. The van der Waals surface area contributed by atoms with Crippen LogP contribution >= 0.6 is 0 Å². The van der Waals surface area contributed by atoms with E-state index in [4.69, 9.17) is 12.2 Å². The number of carbonyl (C=O) groups is 1. The molecule has 0 aromatic heterocycles. The van der Waals surface area contributed by atoms with Crippen LogP contribution in [0.15, 0.2) is 26.1 Å². The molecule has 1 aromatic rings. The molecule has 1 aliphatic heterocycles. The zero-order chi connectivity index (χ0) is 12.3. The Hall–Kier alpha value is -1.67. The van der Waals surface area contributed by atoms with Gasteiger partial charge in [-0.05, 0) is 0 Å². The predicted molar refractivity (Wildman–Crippen MR) is 66.4 cm³/mol. The van der Waals surface area contributed by atoms with Crippen LogP contribution in [-0.2, 0) is 4.79 Å². The first-order chi connectivity index (χ1) is 8.22. The number of carbonyl (C=O) groups excluding carboxylic acids is 1. The van der Waals surface area contributed by atoms with Gasteiger partial charge in [-0.3, -0.25) is 0 Å². The Morgan fingerprint density at radius 1 is 1.59 bits per heavy atom. The number of nitrogens with one attached hydrogen (secondary N) is 1. The van der Waals surface area contributed by atoms with Crippen LogP contribution in [0.25, 0.3) is 0 Å². The Morgan fingerprint density at radius 3 is 3.18 bits per heavy atom. The molecule has 1 atom stereocenters. The molecule has 0 bridgehead atoms. The molecular formula is C11H10N4OSe. The first-order valence-corrected chi connectivity index (χ1v) is 6.47. The molecule has 0 saturated carbocycles. The van der Waals surface area contributed by atoms with Crippen LogP contribution in [0.3, 0.4) is 0 Å². The van der Waals surface area contributed by atoms with Crippen LogP contribution in [-0.4, -0.2) is 26.5 Å². The van der Waals surface area contributed by atoms with Gasteiger partial charge in [0, 0.05) is 0 Å². The third-order valence-electron chi connectivity index (χ3n) is 2.22. The molecule has 86 valence electrons. The number of hydrogen-bond donors (Lipinski definition) is 2. The van der Waals surface area contributed by atoms with Crippen molar-refractivity contribution >= 4 is 37.5 Å². The van der Waals surface area contributed by atoms with Crippen molar-refractivity contribution in [2.45, 2.75) is 12.5 Å². The fourth-order valence-electron chi connectivity index (χ4n) is 1.35. The number of anilines is 1. The first kappa shape index (κ1) is 11.8. The van der Waals surface area contributed by atoms with E-state index in [1.54, 1.807) is 6.07 Å². The van der Waals surface area contributed by atoms with Crippen molar-refractivity contribution < 1.29 is 4.79 Å². The van der Waals surface area contributed by atoms with Crippen LogP contribution in [0.1, 0.15) is 6.42 Å². The quantitative estimate of drug-likeness (QED) is 0.661. The molecule has 0 saturated heterocycles. The van der Waals surface area contributed by atoms with Crippen molar-refractivity contribution in [2.75, 3.05) is 5.32 Å². The summed E-state index contributed by atoms with van der Waals surface area (Å²) >= 11 is -0.121. The summed E-state index contributed by atoms with van der Waals surface area (Å²) in [5, 5.41) is 2.72. The molecule has 5 nitrogen and oxygen atoms in total. The molecule has 0 aliphatic carbocycles. The maximum absolute atomic E-state index is 11.7. The Labute approximate surface area is 105 Å². The molecule has 1 heterocycles. The molecule has 2 rings (SSSR count). The summed E-state index contributed by atoms with van der Waals surface area (Å²) in [5.41, 5.74) is 7.80. The summed E-state index contributed by atoms with van der Waals surface area (Å²) in [6, 6.07) is 4.77. The summed E-state index contributed by atoms with van der Waals surface area (Å²) in [7, 11) is 0. The fourth-order valence-corrected chi connectivity index (χ4v) is 2.51. The van der Waals surface area contributed by atoms with Crippen LogP contribution in [0.4, 0.5) is 17.1 Å². The van der Waals surface area contributed by atoms with Gasteiger partial charge in [-0.2, -0.15) is 0 Å². The van der Waals surface area contributed by atoms with Gasteiger partial charge in [0.2, 0.25) is 0 Å². The fraction of sp³-hybridized carbons (Fsp3) is 0.182. The van der Waals surface area contributed by atoms with Gasteiger partial charge in [-0.25, -0.2) is 0 Å². The normalized spacial score (nSPS) is 13.4. The second-order valence-electron chi connectivity index (χ2n) is 3.44. The van der Waals surface area contributed by atoms with E-state index in [1.165, 1.54) is 0 Å². The molecule has 0 fully saturated rings. The summed E-state index contributed by atoms with van der Waals surface area (Å²) in [6.45, 7) is 0. The third-order valence-corrected chi connectivity index (χ3v) is 3.36. The summed E-state index contributed by atoms with van der Waals surface area (Å²) in [6.07, 6.45) is 5.32. The van der Waals surface area contributed by atoms with Crippen LogP contribution in [0.2, 0.25) is 0 Å². The molecule has 1 amide bonds. The van der Waals surface area contributed by atoms with E-state index >= 15 is 0 Å². The van der Waals surface area contributed by atoms with Crippen molar-refractivity contribution in [1.82, 2.24) is 0 Å². The zero-order valence-electron chi connectivity index (χ0n) is 8.88. The minimum absolute atomic E-state index is 0.121. The summed E-state index contributed by atoms with van der Waals surface area (Å²) in [5.74, 6) is 2.06. The summed E-state index contributed by atoms with van der Waals surface area (Å²) in [4.78, 5) is 11.7. The molecular weight excluding hydrogens is 283 g/mol. The van der Waals surface area contributed by atoms with Gasteiger partial charge in [0.05, 0.1) is 0 Å². The van der Waals surface area contributed by atoms with Gasteiger partial charge < -0.3 is 0 Å². The van der Waals surface area contributed by atoms with E-state index < -0.39 is 6.04 Å². The van der Waals surface area contributed by atoms with E-state index in [9.17, 15) is 4.79 Å². The number of hydrogen-bond acceptors (Lipinski definition) is 4. The Kier molecular flexibility index (Phi) is 3.55. The second kappa shape index (κ2) is 5.11. The second-order valence-corrected chi connectivity index (χ2v) is 4.55. The van der Waals surface area contributed by atoms with Crippen molar-refractivity contribution in [3.8, 4) is 12.3 Å². The SMILES string of the molecule is C#CCC(N)C(=O)Nc1cccc2c1N=[Se]=N2. The Morgan fingerprint density at radius 2 is 2.41 bits per heavy atom. The number of fused-ring (bicyclic) bond motifs is 1. The molecule has 0 radical (unpaired) electrons. The molecule has 17 heavy (non-hydrogen) atoms. The molecule has 6 heteroatoms. The summed E-state index contributed by atoms with van der Waals surface area (Å²) < 4.78 is 8.49. The molecule has 1 unspecified atom stereocenters. The maximum atomic E-state index is 11.7. The number of nitrogens with zero attached hydrogens (tertiary/aromatic N) is 2. The van der Waals surface area contributed by atoms with Gasteiger partial charge in [0.15, 0.2) is 0 Å². The van der Waals surface area contributed by atoms with Gasteiger partial charge in [-0.15, -0.1) is 0 Å². The van der Waals surface area contributed by atoms with Crippen molar-refractivity contribution in [1.29, 1.82) is 0 Å². The first-order valence-electron chi connectivity index (χ1n) is 4.93. The molecule has 3 N–H and O–H groups in total. The van der Waals surface area contributed by atoms with Crippen LogP contribution < -0.4 is 11.1 Å².